The number of rotatable bonds is 7. The minimum atomic E-state index is -0.545. The molecule has 1 heterocycles. The second-order valence-electron chi connectivity index (χ2n) is 5.97. The van der Waals surface area contributed by atoms with E-state index in [1.54, 1.807) is 4.68 Å². The van der Waals surface area contributed by atoms with Gasteiger partial charge in [-0.25, -0.2) is 4.68 Å². The second-order valence-corrected chi connectivity index (χ2v) is 5.97. The van der Waals surface area contributed by atoms with Gasteiger partial charge in [-0.1, -0.05) is 48.5 Å². The number of hydrogen-bond acceptors (Lipinski definition) is 4. The summed E-state index contributed by atoms with van der Waals surface area (Å²) in [6.07, 6.45) is -0.545. The van der Waals surface area contributed by atoms with Crippen molar-refractivity contribution < 1.29 is 9.84 Å². The lowest BCUT2D eigenvalue weighted by atomic mass is 10.1. The van der Waals surface area contributed by atoms with Crippen LogP contribution in [0.1, 0.15) is 22.9 Å². The van der Waals surface area contributed by atoms with Gasteiger partial charge < -0.3 is 15.2 Å². The molecular weight excluding hydrogens is 314 g/mol. The van der Waals surface area contributed by atoms with Gasteiger partial charge in [-0.15, -0.1) is 0 Å². The summed E-state index contributed by atoms with van der Waals surface area (Å²) >= 11 is 0. The molecule has 5 nitrogen and oxygen atoms in total. The Morgan fingerprint density at radius 3 is 2.40 bits per heavy atom. The molecule has 0 bridgehead atoms. The number of aromatic nitrogens is 2. The molecule has 0 aliphatic rings. The van der Waals surface area contributed by atoms with E-state index >= 15 is 0 Å². The number of para-hydroxylation sites is 1. The number of ether oxygens (including phenoxy) is 1. The lowest BCUT2D eigenvalue weighted by Gasteiger charge is -2.13. The molecule has 0 unspecified atom stereocenters. The number of nitrogens with one attached hydrogen (secondary N) is 1. The predicted octanol–water partition coefficient (Wildman–Crippen LogP) is 3.34. The summed E-state index contributed by atoms with van der Waals surface area (Å²) in [4.78, 5) is 0. The smallest absolute Gasteiger partial charge is 0.222 e. The van der Waals surface area contributed by atoms with Gasteiger partial charge in [0.2, 0.25) is 5.88 Å². The molecule has 1 atom stereocenters. The number of aryl methyl sites for hydroxylation is 2. The maximum absolute atomic E-state index is 10.3. The van der Waals surface area contributed by atoms with E-state index < -0.39 is 6.10 Å². The topological polar surface area (TPSA) is 59.3 Å². The first kappa shape index (κ1) is 17.2. The van der Waals surface area contributed by atoms with Gasteiger partial charge in [-0.05, 0) is 24.6 Å². The van der Waals surface area contributed by atoms with Crippen molar-refractivity contribution in [2.24, 2.45) is 7.05 Å². The monoisotopic (exact) mass is 337 g/mol. The van der Waals surface area contributed by atoms with E-state index in [1.807, 2.05) is 74.6 Å². The molecule has 2 N–H and O–H groups in total. The standard InChI is InChI=1S/C20H23N3O2/c1-15-18(13-21-14-19(24)16-9-5-3-6-10-16)20(23(2)22-15)25-17-11-7-4-8-12-17/h3-12,19,21,24H,13-14H2,1-2H3/t19-/m1/s1. The highest BCUT2D eigenvalue weighted by molar-refractivity contribution is 5.35. The molecule has 0 amide bonds. The number of benzene rings is 2. The maximum atomic E-state index is 10.3. The third-order valence-electron chi connectivity index (χ3n) is 4.07. The zero-order valence-electron chi connectivity index (χ0n) is 14.5. The Bertz CT molecular complexity index is 801. The van der Waals surface area contributed by atoms with Crippen LogP contribution in [0.5, 0.6) is 11.6 Å². The average Bonchev–Trinajstić information content (AvgIpc) is 2.90. The molecular formula is C20H23N3O2. The van der Waals surface area contributed by atoms with Crippen LogP contribution in [0.4, 0.5) is 0 Å². The molecule has 0 saturated carbocycles. The summed E-state index contributed by atoms with van der Waals surface area (Å²) in [7, 11) is 1.87. The Morgan fingerprint density at radius 1 is 1.08 bits per heavy atom. The van der Waals surface area contributed by atoms with Gasteiger partial charge in [0.25, 0.3) is 0 Å². The highest BCUT2D eigenvalue weighted by atomic mass is 16.5. The average molecular weight is 337 g/mol. The lowest BCUT2D eigenvalue weighted by molar-refractivity contribution is 0.174. The van der Waals surface area contributed by atoms with Gasteiger partial charge in [0.15, 0.2) is 0 Å². The van der Waals surface area contributed by atoms with E-state index in [4.69, 9.17) is 4.74 Å². The molecule has 0 aliphatic heterocycles. The van der Waals surface area contributed by atoms with Crippen molar-refractivity contribution in [1.29, 1.82) is 0 Å². The van der Waals surface area contributed by atoms with Crippen LogP contribution in [0.2, 0.25) is 0 Å². The number of aliphatic hydroxyl groups excluding tert-OH is 1. The fourth-order valence-electron chi connectivity index (χ4n) is 2.74. The van der Waals surface area contributed by atoms with Crippen LogP contribution in [0.25, 0.3) is 0 Å². The summed E-state index contributed by atoms with van der Waals surface area (Å²) < 4.78 is 7.74. The predicted molar refractivity (Wildman–Crippen MR) is 97.6 cm³/mol. The van der Waals surface area contributed by atoms with Crippen LogP contribution in [0.15, 0.2) is 60.7 Å². The number of nitrogens with zero attached hydrogens (tertiary/aromatic N) is 2. The minimum Gasteiger partial charge on any atom is -0.439 e. The first-order valence-electron chi connectivity index (χ1n) is 8.34. The molecule has 25 heavy (non-hydrogen) atoms. The van der Waals surface area contributed by atoms with Gasteiger partial charge in [-0.2, -0.15) is 5.10 Å². The fourth-order valence-corrected chi connectivity index (χ4v) is 2.74. The van der Waals surface area contributed by atoms with E-state index in [1.165, 1.54) is 0 Å². The van der Waals surface area contributed by atoms with Crippen molar-refractivity contribution >= 4 is 0 Å². The Balaban J connectivity index is 1.66. The minimum absolute atomic E-state index is 0.461. The third-order valence-corrected chi connectivity index (χ3v) is 4.07. The van der Waals surface area contributed by atoms with Crippen molar-refractivity contribution in [2.75, 3.05) is 6.54 Å². The second kappa shape index (κ2) is 7.96. The molecule has 3 rings (SSSR count). The summed E-state index contributed by atoms with van der Waals surface area (Å²) in [5, 5.41) is 18.0. The van der Waals surface area contributed by atoms with Gasteiger partial charge in [0, 0.05) is 20.1 Å². The van der Waals surface area contributed by atoms with Crippen molar-refractivity contribution in [2.45, 2.75) is 19.6 Å². The van der Waals surface area contributed by atoms with E-state index in [-0.39, 0.29) is 0 Å². The van der Waals surface area contributed by atoms with Gasteiger partial charge in [-0.3, -0.25) is 0 Å². The first-order valence-corrected chi connectivity index (χ1v) is 8.34. The Morgan fingerprint density at radius 2 is 1.72 bits per heavy atom. The molecule has 0 radical (unpaired) electrons. The quantitative estimate of drug-likeness (QED) is 0.694. The zero-order valence-corrected chi connectivity index (χ0v) is 14.5. The third kappa shape index (κ3) is 4.26. The molecule has 0 spiro atoms. The van der Waals surface area contributed by atoms with E-state index in [9.17, 15) is 5.11 Å². The van der Waals surface area contributed by atoms with E-state index in [2.05, 4.69) is 10.4 Å². The van der Waals surface area contributed by atoms with Gasteiger partial charge in [0.05, 0.1) is 17.4 Å². The van der Waals surface area contributed by atoms with Gasteiger partial charge in [0.1, 0.15) is 5.75 Å². The molecule has 3 aromatic rings. The molecule has 0 fully saturated rings. The molecule has 1 aromatic heterocycles. The lowest BCUT2D eigenvalue weighted by Crippen LogP contribution is -2.21. The van der Waals surface area contributed by atoms with Crippen molar-refractivity contribution in [3.05, 3.63) is 77.5 Å². The van der Waals surface area contributed by atoms with E-state index in [0.717, 1.165) is 22.6 Å². The fraction of sp³-hybridized carbons (Fsp3) is 0.250. The molecule has 2 aromatic carbocycles. The number of aliphatic hydroxyl groups is 1. The van der Waals surface area contributed by atoms with Crippen LogP contribution in [-0.4, -0.2) is 21.4 Å². The Labute approximate surface area is 147 Å². The first-order chi connectivity index (χ1) is 12.1. The van der Waals surface area contributed by atoms with E-state index in [0.29, 0.717) is 19.0 Å². The summed E-state index contributed by atoms with van der Waals surface area (Å²) in [6, 6.07) is 19.3. The SMILES string of the molecule is Cc1nn(C)c(Oc2ccccc2)c1CNC[C@@H](O)c1ccccc1. The van der Waals surface area contributed by atoms with Crippen LogP contribution >= 0.6 is 0 Å². The summed E-state index contributed by atoms with van der Waals surface area (Å²) in [5.41, 5.74) is 2.81. The van der Waals surface area contributed by atoms with Crippen molar-refractivity contribution in [1.82, 2.24) is 15.1 Å². The molecule has 0 saturated heterocycles. The zero-order chi connectivity index (χ0) is 17.6. The highest BCUT2D eigenvalue weighted by Gasteiger charge is 2.16. The Hall–Kier alpha value is -2.63. The largest absolute Gasteiger partial charge is 0.439 e. The van der Waals surface area contributed by atoms with Crippen molar-refractivity contribution in [3.63, 3.8) is 0 Å². The maximum Gasteiger partial charge on any atom is 0.222 e. The molecule has 5 heteroatoms. The van der Waals surface area contributed by atoms with Crippen LogP contribution < -0.4 is 10.1 Å². The highest BCUT2D eigenvalue weighted by Crippen LogP contribution is 2.27. The Kier molecular flexibility index (Phi) is 5.48. The van der Waals surface area contributed by atoms with Crippen LogP contribution in [-0.2, 0) is 13.6 Å². The van der Waals surface area contributed by atoms with Crippen LogP contribution in [0, 0.1) is 6.92 Å². The summed E-state index contributed by atoms with van der Waals surface area (Å²) in [5.74, 6) is 1.49. The molecule has 130 valence electrons. The number of hydrogen-bond donors (Lipinski definition) is 2. The van der Waals surface area contributed by atoms with Crippen LogP contribution in [0.3, 0.4) is 0 Å². The normalized spacial score (nSPS) is 12.1. The molecule has 0 aliphatic carbocycles. The van der Waals surface area contributed by atoms with Gasteiger partial charge >= 0.3 is 0 Å². The summed E-state index contributed by atoms with van der Waals surface area (Å²) in [6.45, 7) is 3.00. The van der Waals surface area contributed by atoms with Crippen molar-refractivity contribution in [3.8, 4) is 11.6 Å².